The van der Waals surface area contributed by atoms with Gasteiger partial charge in [0, 0.05) is 44.3 Å². The van der Waals surface area contributed by atoms with E-state index in [0.717, 1.165) is 88.2 Å². The molecule has 2 aliphatic heterocycles. The van der Waals surface area contributed by atoms with Crippen LogP contribution in [0.5, 0.6) is 0 Å². The Hall–Kier alpha value is -3.46. The molecule has 2 unspecified atom stereocenters. The molecule has 2 atom stereocenters. The summed E-state index contributed by atoms with van der Waals surface area (Å²) < 4.78 is 7.49. The van der Waals surface area contributed by atoms with Crippen molar-refractivity contribution in [3.63, 3.8) is 0 Å². The van der Waals surface area contributed by atoms with E-state index in [9.17, 15) is 4.79 Å². The van der Waals surface area contributed by atoms with E-state index < -0.39 is 0 Å². The second-order valence-electron chi connectivity index (χ2n) is 11.8. The van der Waals surface area contributed by atoms with Crippen LogP contribution in [0.15, 0.2) is 42.9 Å². The van der Waals surface area contributed by atoms with Gasteiger partial charge in [-0.1, -0.05) is 32.4 Å². The van der Waals surface area contributed by atoms with Gasteiger partial charge in [-0.05, 0) is 73.6 Å². The maximum absolute atomic E-state index is 13.2. The predicted molar refractivity (Wildman–Crippen MR) is 155 cm³/mol. The number of amides is 2. The Morgan fingerprint density at radius 1 is 1.10 bits per heavy atom. The molecule has 2 aromatic heterocycles. The average molecular weight is 544 g/mol. The molecule has 9 nitrogen and oxygen atoms in total. The summed E-state index contributed by atoms with van der Waals surface area (Å²) >= 11 is 0. The third-order valence-electron chi connectivity index (χ3n) is 8.83. The number of aryl methyl sites for hydroxylation is 1. The number of fused-ring (bicyclic) bond motifs is 1. The number of likely N-dealkylation sites (tertiary alicyclic amines) is 1. The Labute approximate surface area is 236 Å². The molecule has 40 heavy (non-hydrogen) atoms. The number of carbonyl (C=O) groups is 1. The Morgan fingerprint density at radius 3 is 2.80 bits per heavy atom. The van der Waals surface area contributed by atoms with Gasteiger partial charge >= 0.3 is 6.03 Å². The summed E-state index contributed by atoms with van der Waals surface area (Å²) in [6.07, 6.45) is 12.9. The van der Waals surface area contributed by atoms with Gasteiger partial charge in [-0.2, -0.15) is 5.10 Å². The summed E-state index contributed by atoms with van der Waals surface area (Å²) in [6.45, 7) is 7.79. The van der Waals surface area contributed by atoms with Crippen LogP contribution in [-0.2, 0) is 11.2 Å². The zero-order valence-electron chi connectivity index (χ0n) is 23.7. The molecule has 0 saturated carbocycles. The van der Waals surface area contributed by atoms with Gasteiger partial charge in [0.25, 0.3) is 0 Å². The first-order valence-electron chi connectivity index (χ1n) is 14.9. The monoisotopic (exact) mass is 543 g/mol. The van der Waals surface area contributed by atoms with Crippen molar-refractivity contribution in [1.82, 2.24) is 30.0 Å². The fourth-order valence-corrected chi connectivity index (χ4v) is 6.31. The maximum Gasteiger partial charge on any atom is 0.317 e. The molecule has 0 spiro atoms. The summed E-state index contributed by atoms with van der Waals surface area (Å²) in [5.74, 6) is 1.77. The molecule has 2 fully saturated rings. The standard InChI is InChI=1S/C31H41N7O2/c1-21(2)24-10-14-37(19-24)31(39)36-29-6-4-3-5-22-17-23(7-8-27(22)29)28-9-13-32-30(35-28)34-25-18-33-38(20-25)26-11-15-40-16-12-26/h7-9,13,17-18,20-21,24,26,29H,3-6,10-12,14-16,19H2,1-2H3,(H,36,39)(H,32,34,35). The number of rotatable bonds is 6. The van der Waals surface area contributed by atoms with Crippen molar-refractivity contribution in [2.24, 2.45) is 11.8 Å². The highest BCUT2D eigenvalue weighted by Gasteiger charge is 2.30. The third-order valence-corrected chi connectivity index (χ3v) is 8.83. The lowest BCUT2D eigenvalue weighted by atomic mass is 9.95. The van der Waals surface area contributed by atoms with Gasteiger partial charge in [-0.3, -0.25) is 4.68 Å². The molecule has 1 aliphatic carbocycles. The van der Waals surface area contributed by atoms with E-state index in [4.69, 9.17) is 9.72 Å². The number of ether oxygens (including phenoxy) is 1. The molecule has 4 heterocycles. The average Bonchev–Trinajstić information content (AvgIpc) is 3.62. The summed E-state index contributed by atoms with van der Waals surface area (Å²) in [6, 6.07) is 9.02. The quantitative estimate of drug-likeness (QED) is 0.376. The molecule has 3 aliphatic rings. The SMILES string of the molecule is CC(C)C1CCN(C(=O)NC2CCCCc3cc(-c4ccnc(Nc5cnn(C6CCOCC6)c5)n4)ccc32)C1. The van der Waals surface area contributed by atoms with Gasteiger partial charge in [-0.25, -0.2) is 14.8 Å². The van der Waals surface area contributed by atoms with Crippen LogP contribution in [0.1, 0.15) is 75.6 Å². The minimum absolute atomic E-state index is 0.0482. The van der Waals surface area contributed by atoms with Crippen molar-refractivity contribution in [1.29, 1.82) is 0 Å². The lowest BCUT2D eigenvalue weighted by Gasteiger charge is -2.25. The van der Waals surface area contributed by atoms with Gasteiger partial charge in [0.2, 0.25) is 5.95 Å². The fraction of sp³-hybridized carbons (Fsp3) is 0.548. The zero-order chi connectivity index (χ0) is 27.5. The fourth-order valence-electron chi connectivity index (χ4n) is 6.31. The number of anilines is 2. The second kappa shape index (κ2) is 12.0. The van der Waals surface area contributed by atoms with E-state index >= 15 is 0 Å². The Morgan fingerprint density at radius 2 is 1.98 bits per heavy atom. The molecule has 9 heteroatoms. The minimum atomic E-state index is 0.0482. The molecule has 0 radical (unpaired) electrons. The summed E-state index contributed by atoms with van der Waals surface area (Å²) in [4.78, 5) is 24.4. The third kappa shape index (κ3) is 5.99. The van der Waals surface area contributed by atoms with Crippen molar-refractivity contribution in [2.75, 3.05) is 31.6 Å². The predicted octanol–water partition coefficient (Wildman–Crippen LogP) is 5.89. The molecule has 1 aromatic carbocycles. The zero-order valence-corrected chi connectivity index (χ0v) is 23.7. The number of nitrogens with one attached hydrogen (secondary N) is 2. The lowest BCUT2D eigenvalue weighted by molar-refractivity contribution is 0.0662. The molecule has 0 bridgehead atoms. The molecule has 2 N–H and O–H groups in total. The summed E-state index contributed by atoms with van der Waals surface area (Å²) in [5.41, 5.74) is 5.35. The Kier molecular flexibility index (Phi) is 8.00. The van der Waals surface area contributed by atoms with Gasteiger partial charge in [0.15, 0.2) is 0 Å². The van der Waals surface area contributed by atoms with Crippen LogP contribution >= 0.6 is 0 Å². The molecule has 212 valence electrons. The highest BCUT2D eigenvalue weighted by molar-refractivity contribution is 5.75. The topological polar surface area (TPSA) is 97.2 Å². The van der Waals surface area contributed by atoms with Crippen LogP contribution < -0.4 is 10.6 Å². The molecular formula is C31H41N7O2. The van der Waals surface area contributed by atoms with E-state index in [1.54, 1.807) is 6.20 Å². The number of nitrogens with zero attached hydrogens (tertiary/aromatic N) is 5. The van der Waals surface area contributed by atoms with Crippen LogP contribution in [0.2, 0.25) is 0 Å². The van der Waals surface area contributed by atoms with Crippen LogP contribution in [-0.4, -0.2) is 57.0 Å². The molecular weight excluding hydrogens is 502 g/mol. The van der Waals surface area contributed by atoms with E-state index in [1.165, 1.54) is 11.1 Å². The number of hydrogen-bond donors (Lipinski definition) is 2. The molecule has 2 saturated heterocycles. The van der Waals surface area contributed by atoms with Crippen LogP contribution in [0.25, 0.3) is 11.3 Å². The number of urea groups is 1. The van der Waals surface area contributed by atoms with Crippen LogP contribution in [0.3, 0.4) is 0 Å². The van der Waals surface area contributed by atoms with Gasteiger partial charge in [0.1, 0.15) is 0 Å². The van der Waals surface area contributed by atoms with E-state index in [-0.39, 0.29) is 12.1 Å². The van der Waals surface area contributed by atoms with E-state index in [2.05, 4.69) is 52.8 Å². The number of hydrogen-bond acceptors (Lipinski definition) is 6. The van der Waals surface area contributed by atoms with Crippen molar-refractivity contribution in [2.45, 2.75) is 70.9 Å². The van der Waals surface area contributed by atoms with Crippen molar-refractivity contribution in [3.8, 4) is 11.3 Å². The summed E-state index contributed by atoms with van der Waals surface area (Å²) in [7, 11) is 0. The van der Waals surface area contributed by atoms with E-state index in [0.29, 0.717) is 23.8 Å². The highest BCUT2D eigenvalue weighted by atomic mass is 16.5. The normalized spacial score (nSPS) is 21.7. The second-order valence-corrected chi connectivity index (χ2v) is 11.8. The summed E-state index contributed by atoms with van der Waals surface area (Å²) in [5, 5.41) is 11.2. The smallest absolute Gasteiger partial charge is 0.317 e. The molecule has 6 rings (SSSR count). The maximum atomic E-state index is 13.2. The van der Waals surface area contributed by atoms with Gasteiger partial charge in [0.05, 0.1) is 29.7 Å². The van der Waals surface area contributed by atoms with Crippen LogP contribution in [0, 0.1) is 11.8 Å². The first-order chi connectivity index (χ1) is 19.5. The van der Waals surface area contributed by atoms with Crippen LogP contribution in [0.4, 0.5) is 16.4 Å². The Balaban J connectivity index is 1.15. The molecule has 3 aromatic rings. The van der Waals surface area contributed by atoms with Crippen molar-refractivity contribution < 1.29 is 9.53 Å². The highest BCUT2D eigenvalue weighted by Crippen LogP contribution is 2.33. The number of carbonyl (C=O) groups excluding carboxylic acids is 1. The minimum Gasteiger partial charge on any atom is -0.381 e. The lowest BCUT2D eigenvalue weighted by Crippen LogP contribution is -2.40. The van der Waals surface area contributed by atoms with Gasteiger partial charge < -0.3 is 20.3 Å². The Bertz CT molecular complexity index is 1320. The largest absolute Gasteiger partial charge is 0.381 e. The molecule has 2 amide bonds. The van der Waals surface area contributed by atoms with Gasteiger partial charge in [-0.15, -0.1) is 0 Å². The first-order valence-corrected chi connectivity index (χ1v) is 14.9. The number of aromatic nitrogens is 4. The van der Waals surface area contributed by atoms with Crippen molar-refractivity contribution >= 4 is 17.7 Å². The van der Waals surface area contributed by atoms with E-state index in [1.807, 2.05) is 28.0 Å². The van der Waals surface area contributed by atoms with Crippen molar-refractivity contribution in [3.05, 3.63) is 54.0 Å². The first kappa shape index (κ1) is 26.7. The number of benzene rings is 1.